The van der Waals surface area contributed by atoms with Crippen molar-refractivity contribution in [3.8, 4) is 0 Å². The fourth-order valence-corrected chi connectivity index (χ4v) is 0.763. The topological polar surface area (TPSA) is 94.8 Å². The molecule has 0 fully saturated rings. The number of hydrogen-bond donors (Lipinski definition) is 3. The first kappa shape index (κ1) is 13.4. The molecule has 0 bridgehead atoms. The van der Waals surface area contributed by atoms with E-state index < -0.39 is 22.2 Å². The van der Waals surface area contributed by atoms with Crippen LogP contribution in [0.25, 0.3) is 0 Å². The van der Waals surface area contributed by atoms with E-state index in [0.29, 0.717) is 0 Å². The maximum absolute atomic E-state index is 9.87. The van der Waals surface area contributed by atoms with Gasteiger partial charge >= 0.3 is 29.6 Å². The fraction of sp³-hybridized carbons (Fsp3) is 1.00. The molecule has 0 saturated heterocycles. The first-order valence-corrected chi connectivity index (χ1v) is 3.84. The van der Waals surface area contributed by atoms with Gasteiger partial charge in [0.05, 0.1) is 5.75 Å². The van der Waals surface area contributed by atoms with E-state index in [1.54, 1.807) is 0 Å². The molecule has 3 N–H and O–H groups in total. The normalized spacial score (nSPS) is 11.2. The Labute approximate surface area is 81.1 Å². The molecule has 0 spiro atoms. The first-order valence-electron chi connectivity index (χ1n) is 2.23. The van der Waals surface area contributed by atoms with Crippen LogP contribution in [0.5, 0.6) is 0 Å². The summed E-state index contributed by atoms with van der Waals surface area (Å²) in [5.41, 5.74) is 0. The standard InChI is InChI=1S/C3H8O5S.Na.H/c4-3(5)1-2-9(6,7)8;;/h3-5H,1-2H2,(H,6,7,8);;. The Morgan fingerprint density at radius 3 is 1.80 bits per heavy atom. The Morgan fingerprint density at radius 2 is 1.70 bits per heavy atom. The molecule has 0 aromatic rings. The van der Waals surface area contributed by atoms with Gasteiger partial charge in [-0.1, -0.05) is 0 Å². The number of aliphatic hydroxyl groups is 2. The third kappa shape index (κ3) is 11.6. The zero-order valence-electron chi connectivity index (χ0n) is 4.56. The molecule has 0 aliphatic carbocycles. The average molecular weight is 180 g/mol. The van der Waals surface area contributed by atoms with Crippen LogP contribution in [0, 0.1) is 0 Å². The van der Waals surface area contributed by atoms with Gasteiger partial charge < -0.3 is 10.2 Å². The van der Waals surface area contributed by atoms with E-state index in [1.165, 1.54) is 0 Å². The van der Waals surface area contributed by atoms with Crippen LogP contribution in [-0.2, 0) is 10.1 Å². The van der Waals surface area contributed by atoms with Crippen LogP contribution in [0.2, 0.25) is 0 Å². The van der Waals surface area contributed by atoms with Gasteiger partial charge in [-0.3, -0.25) is 4.55 Å². The minimum atomic E-state index is -4.04. The fourth-order valence-electron chi connectivity index (χ4n) is 0.254. The summed E-state index contributed by atoms with van der Waals surface area (Å²) in [6, 6.07) is 0. The van der Waals surface area contributed by atoms with Gasteiger partial charge in [-0.15, -0.1) is 0 Å². The number of hydrogen-bond acceptors (Lipinski definition) is 4. The van der Waals surface area contributed by atoms with Gasteiger partial charge in [-0.25, -0.2) is 0 Å². The van der Waals surface area contributed by atoms with Crippen molar-refractivity contribution in [2.24, 2.45) is 0 Å². The summed E-state index contributed by atoms with van der Waals surface area (Å²) in [5.74, 6) is -0.620. The van der Waals surface area contributed by atoms with Crippen molar-refractivity contribution in [2.45, 2.75) is 12.7 Å². The first-order chi connectivity index (χ1) is 3.92. The Balaban J connectivity index is 0. The van der Waals surface area contributed by atoms with Crippen LogP contribution >= 0.6 is 0 Å². The SMILES string of the molecule is O=S(=O)(O)CCC(O)O.[NaH]. The molecule has 0 heterocycles. The quantitative estimate of drug-likeness (QED) is 0.263. The summed E-state index contributed by atoms with van der Waals surface area (Å²) >= 11 is 0. The second kappa shape index (κ2) is 5.48. The zero-order chi connectivity index (χ0) is 7.49. The summed E-state index contributed by atoms with van der Waals surface area (Å²) in [5, 5.41) is 16.2. The third-order valence-corrected chi connectivity index (χ3v) is 1.39. The molecule has 0 rings (SSSR count). The second-order valence-electron chi connectivity index (χ2n) is 1.56. The molecule has 0 aliphatic rings. The number of rotatable bonds is 3. The Kier molecular flexibility index (Phi) is 7.35. The Morgan fingerprint density at radius 1 is 1.30 bits per heavy atom. The molecule has 0 aliphatic heterocycles. The molecule has 0 unspecified atom stereocenters. The van der Waals surface area contributed by atoms with Gasteiger partial charge in [0.25, 0.3) is 10.1 Å². The van der Waals surface area contributed by atoms with Gasteiger partial charge in [0.1, 0.15) is 0 Å². The molecule has 5 nitrogen and oxygen atoms in total. The zero-order valence-corrected chi connectivity index (χ0v) is 5.37. The molecule has 0 amide bonds. The summed E-state index contributed by atoms with van der Waals surface area (Å²) in [4.78, 5) is 0. The maximum atomic E-state index is 9.87. The van der Waals surface area contributed by atoms with Gasteiger partial charge in [-0.2, -0.15) is 8.42 Å². The molecule has 0 aromatic heterocycles. The van der Waals surface area contributed by atoms with E-state index in [4.69, 9.17) is 14.8 Å². The van der Waals surface area contributed by atoms with Crippen LogP contribution in [0.4, 0.5) is 0 Å². The van der Waals surface area contributed by atoms with Gasteiger partial charge in [-0.05, 0) is 0 Å². The molecular weight excluding hydrogens is 171 g/mol. The predicted molar refractivity (Wildman–Crippen MR) is 36.4 cm³/mol. The molecule has 0 radical (unpaired) electrons. The van der Waals surface area contributed by atoms with Crippen molar-refractivity contribution in [2.75, 3.05) is 5.75 Å². The van der Waals surface area contributed by atoms with E-state index in [9.17, 15) is 8.42 Å². The Hall–Kier alpha value is 0.830. The van der Waals surface area contributed by atoms with Crippen molar-refractivity contribution in [3.05, 3.63) is 0 Å². The van der Waals surface area contributed by atoms with Gasteiger partial charge in [0.15, 0.2) is 6.29 Å². The van der Waals surface area contributed by atoms with Crippen LogP contribution in [0.3, 0.4) is 0 Å². The van der Waals surface area contributed by atoms with Crippen molar-refractivity contribution >= 4 is 39.7 Å². The van der Waals surface area contributed by atoms with Crippen molar-refractivity contribution in [3.63, 3.8) is 0 Å². The molecule has 58 valence electrons. The van der Waals surface area contributed by atoms with Crippen LogP contribution < -0.4 is 0 Å². The molecule has 0 aromatic carbocycles. The van der Waals surface area contributed by atoms with E-state index in [1.807, 2.05) is 0 Å². The minimum absolute atomic E-state index is 0. The van der Waals surface area contributed by atoms with Crippen LogP contribution in [0.1, 0.15) is 6.42 Å². The molecule has 0 saturated carbocycles. The molecule has 10 heavy (non-hydrogen) atoms. The van der Waals surface area contributed by atoms with E-state index in [2.05, 4.69) is 0 Å². The van der Waals surface area contributed by atoms with Crippen molar-refractivity contribution in [1.29, 1.82) is 0 Å². The predicted octanol–water partition coefficient (Wildman–Crippen LogP) is -2.07. The average Bonchev–Trinajstić information content (AvgIpc) is 1.59. The van der Waals surface area contributed by atoms with Crippen LogP contribution in [-0.4, -0.2) is 64.8 Å². The van der Waals surface area contributed by atoms with Crippen LogP contribution in [0.15, 0.2) is 0 Å². The van der Waals surface area contributed by atoms with Crippen molar-refractivity contribution < 1.29 is 23.2 Å². The molecule has 7 heteroatoms. The van der Waals surface area contributed by atoms with Gasteiger partial charge in [0.2, 0.25) is 0 Å². The molecule has 0 atom stereocenters. The van der Waals surface area contributed by atoms with E-state index in [0.717, 1.165) is 0 Å². The second-order valence-corrected chi connectivity index (χ2v) is 3.13. The summed E-state index contributed by atoms with van der Waals surface area (Å²) in [6.07, 6.45) is -2.04. The third-order valence-electron chi connectivity index (χ3n) is 0.634. The summed E-state index contributed by atoms with van der Waals surface area (Å²) in [7, 11) is -4.04. The van der Waals surface area contributed by atoms with Crippen molar-refractivity contribution in [1.82, 2.24) is 0 Å². The summed E-state index contributed by atoms with van der Waals surface area (Å²) < 4.78 is 27.8. The monoisotopic (exact) mass is 180 g/mol. The van der Waals surface area contributed by atoms with Gasteiger partial charge in [0, 0.05) is 6.42 Å². The van der Waals surface area contributed by atoms with E-state index >= 15 is 0 Å². The summed E-state index contributed by atoms with van der Waals surface area (Å²) in [6.45, 7) is 0. The Bertz CT molecular complexity index is 162. The molecular formula is C3H9NaO5S. The number of aliphatic hydroxyl groups excluding tert-OH is 1. The van der Waals surface area contributed by atoms with E-state index in [-0.39, 0.29) is 36.0 Å².